The Bertz CT molecular complexity index is 1570. The summed E-state index contributed by atoms with van der Waals surface area (Å²) in [6.45, 7) is -0.465. The number of nitrogens with zero attached hydrogens (tertiary/aromatic N) is 3. The highest BCUT2D eigenvalue weighted by molar-refractivity contribution is 7.86. The molecule has 0 bridgehead atoms. The van der Waals surface area contributed by atoms with Crippen LogP contribution in [-0.4, -0.2) is 85.9 Å². The number of rotatable bonds is 11. The Hall–Kier alpha value is -3.22. The predicted molar refractivity (Wildman–Crippen MR) is 133 cm³/mol. The molecule has 1 N–H and O–H groups in total. The average molecular weight is 587 g/mol. The monoisotopic (exact) mass is 586 g/mol. The molecule has 212 valence electrons. The number of aromatic nitrogens is 4. The van der Waals surface area contributed by atoms with Crippen LogP contribution in [-0.2, 0) is 54.2 Å². The summed E-state index contributed by atoms with van der Waals surface area (Å²) >= 11 is 0. The summed E-state index contributed by atoms with van der Waals surface area (Å²) in [4.78, 5) is 35.0. The van der Waals surface area contributed by atoms with Crippen LogP contribution >= 0.6 is 0 Å². The molecule has 39 heavy (non-hydrogen) atoms. The fourth-order valence-corrected chi connectivity index (χ4v) is 4.92. The van der Waals surface area contributed by atoms with E-state index in [0.29, 0.717) is 5.56 Å². The van der Waals surface area contributed by atoms with Gasteiger partial charge in [0.05, 0.1) is 31.8 Å². The quantitative estimate of drug-likeness (QED) is 0.230. The summed E-state index contributed by atoms with van der Waals surface area (Å²) in [5.74, 6) is -0.749. The molecule has 3 aromatic rings. The van der Waals surface area contributed by atoms with Gasteiger partial charge in [-0.1, -0.05) is 30.3 Å². The van der Waals surface area contributed by atoms with Gasteiger partial charge in [0, 0.05) is 6.92 Å². The van der Waals surface area contributed by atoms with Gasteiger partial charge in [-0.3, -0.25) is 22.5 Å². The molecule has 0 amide bonds. The average Bonchev–Trinajstić information content (AvgIpc) is 3.40. The van der Waals surface area contributed by atoms with Gasteiger partial charge in [0.2, 0.25) is 0 Å². The number of benzene rings is 1. The van der Waals surface area contributed by atoms with Gasteiger partial charge in [0.1, 0.15) is 19.3 Å². The number of H-pyrrole nitrogens is 1. The molecule has 0 spiro atoms. The highest BCUT2D eigenvalue weighted by Gasteiger charge is 2.60. The van der Waals surface area contributed by atoms with Gasteiger partial charge in [-0.05, 0) is 5.56 Å². The first-order chi connectivity index (χ1) is 18.3. The number of nitrogens with one attached hydrogen (secondary N) is 1. The van der Waals surface area contributed by atoms with Gasteiger partial charge in [-0.25, -0.2) is 9.97 Å². The summed E-state index contributed by atoms with van der Waals surface area (Å²) in [6.07, 6.45) is -0.0332. The molecule has 15 nitrogen and oxygen atoms in total. The maximum Gasteiger partial charge on any atom is 0.303 e. The molecule has 1 aliphatic rings. The predicted octanol–water partition coefficient (Wildman–Crippen LogP) is -0.143. The highest BCUT2D eigenvalue weighted by atomic mass is 32.2. The number of aromatic amines is 1. The van der Waals surface area contributed by atoms with E-state index in [9.17, 15) is 26.4 Å². The number of carbonyl (C=O) groups excluding carboxylic acids is 1. The smallest absolute Gasteiger partial charge is 0.303 e. The van der Waals surface area contributed by atoms with Gasteiger partial charge in [0.25, 0.3) is 25.8 Å². The fraction of sp³-hybridized carbons (Fsp3) is 0.455. The summed E-state index contributed by atoms with van der Waals surface area (Å²) in [6, 6.07) is 8.85. The number of hydrogen-bond donors (Lipinski definition) is 1. The number of esters is 1. The van der Waals surface area contributed by atoms with Crippen LogP contribution in [0.3, 0.4) is 0 Å². The largest absolute Gasteiger partial charge is 0.455 e. The van der Waals surface area contributed by atoms with Crippen molar-refractivity contribution >= 4 is 37.4 Å². The summed E-state index contributed by atoms with van der Waals surface area (Å²) in [5.41, 5.74) is -1.81. The zero-order valence-electron chi connectivity index (χ0n) is 21.0. The first-order valence-corrected chi connectivity index (χ1v) is 15.0. The van der Waals surface area contributed by atoms with E-state index in [1.54, 1.807) is 30.3 Å². The zero-order chi connectivity index (χ0) is 28.4. The van der Waals surface area contributed by atoms with E-state index < -0.39 is 69.0 Å². The van der Waals surface area contributed by atoms with Gasteiger partial charge in [0.15, 0.2) is 29.1 Å². The lowest BCUT2D eigenvalue weighted by Crippen LogP contribution is -2.53. The molecule has 3 atom stereocenters. The van der Waals surface area contributed by atoms with E-state index in [4.69, 9.17) is 22.6 Å². The minimum absolute atomic E-state index is 0.0478. The normalized spacial score (nSPS) is 21.3. The van der Waals surface area contributed by atoms with Crippen LogP contribution in [0.4, 0.5) is 0 Å². The number of fused-ring (bicyclic) bond motifs is 1. The molecule has 0 aliphatic carbocycles. The van der Waals surface area contributed by atoms with Crippen LogP contribution in [0, 0.1) is 0 Å². The molecule has 4 rings (SSSR count). The number of carbonyl (C=O) groups is 1. The van der Waals surface area contributed by atoms with Crippen molar-refractivity contribution in [3.05, 3.63) is 58.9 Å². The van der Waals surface area contributed by atoms with Crippen molar-refractivity contribution in [2.75, 3.05) is 25.7 Å². The Kier molecular flexibility index (Phi) is 8.20. The number of imidazole rings is 1. The fourth-order valence-electron chi connectivity index (χ4n) is 4.09. The molecule has 1 aromatic carbocycles. The Labute approximate surface area is 223 Å². The Morgan fingerprint density at radius 3 is 2.31 bits per heavy atom. The molecular formula is C22H26N4O11S2. The van der Waals surface area contributed by atoms with Crippen LogP contribution in [0.1, 0.15) is 18.7 Å². The van der Waals surface area contributed by atoms with Crippen molar-refractivity contribution in [2.45, 2.75) is 37.6 Å². The molecule has 0 radical (unpaired) electrons. The van der Waals surface area contributed by atoms with E-state index in [0.717, 1.165) is 25.8 Å². The van der Waals surface area contributed by atoms with E-state index in [2.05, 4.69) is 15.0 Å². The van der Waals surface area contributed by atoms with Gasteiger partial charge in [-0.2, -0.15) is 16.8 Å². The zero-order valence-corrected chi connectivity index (χ0v) is 22.7. The molecule has 2 aromatic heterocycles. The standard InChI is InChI=1S/C22H26N4O11S2/c1-14(27)36-17-18(33-9-15-7-5-4-6-8-15)22(10-34-38(2,29)30,11-35-39(3,31)32)37-21(17)26-13-25-16-19(26)23-12-24-20(16)28/h4-8,12-13,17-18,21H,9-11H2,1-3H3,(H,23,24,28)/t17-,18?,21+/m0/s1. The van der Waals surface area contributed by atoms with Crippen LogP contribution in [0.2, 0.25) is 0 Å². The van der Waals surface area contributed by atoms with Crippen molar-refractivity contribution in [1.82, 2.24) is 19.5 Å². The van der Waals surface area contributed by atoms with E-state index in [-0.39, 0.29) is 17.8 Å². The summed E-state index contributed by atoms with van der Waals surface area (Å²) in [5, 5.41) is 0. The van der Waals surface area contributed by atoms with Crippen LogP contribution in [0.5, 0.6) is 0 Å². The molecule has 17 heteroatoms. The van der Waals surface area contributed by atoms with Crippen molar-refractivity contribution in [3.63, 3.8) is 0 Å². The maximum absolute atomic E-state index is 12.2. The molecule has 1 fully saturated rings. The van der Waals surface area contributed by atoms with Crippen LogP contribution in [0.15, 0.2) is 47.8 Å². The van der Waals surface area contributed by atoms with Gasteiger partial charge in [-0.15, -0.1) is 0 Å². The Balaban J connectivity index is 1.85. The lowest BCUT2D eigenvalue weighted by molar-refractivity contribution is -0.159. The van der Waals surface area contributed by atoms with Crippen molar-refractivity contribution in [3.8, 4) is 0 Å². The van der Waals surface area contributed by atoms with Gasteiger partial charge < -0.3 is 19.2 Å². The second-order valence-corrected chi connectivity index (χ2v) is 12.1. The minimum atomic E-state index is -4.07. The van der Waals surface area contributed by atoms with Crippen molar-refractivity contribution in [1.29, 1.82) is 0 Å². The first kappa shape index (κ1) is 28.8. The lowest BCUT2D eigenvalue weighted by atomic mass is 9.96. The number of ether oxygens (including phenoxy) is 3. The number of hydrogen-bond acceptors (Lipinski definition) is 13. The highest BCUT2D eigenvalue weighted by Crippen LogP contribution is 2.43. The van der Waals surface area contributed by atoms with Gasteiger partial charge >= 0.3 is 5.97 Å². The SMILES string of the molecule is CC(=O)O[C@H]1C(OCc2ccccc2)C(COS(C)(=O)=O)(COS(C)(=O)=O)O[C@H]1n1cnc2c(=O)[nH]cnc21. The summed E-state index contributed by atoms with van der Waals surface area (Å²) < 4.78 is 77.2. The molecule has 1 saturated heterocycles. The van der Waals surface area contributed by atoms with Crippen molar-refractivity contribution < 1.29 is 44.2 Å². The Morgan fingerprint density at radius 2 is 1.72 bits per heavy atom. The molecule has 0 saturated carbocycles. The topological polar surface area (TPSA) is 195 Å². The molecule has 1 unspecified atom stereocenters. The third-order valence-corrected chi connectivity index (χ3v) is 6.79. The van der Waals surface area contributed by atoms with E-state index >= 15 is 0 Å². The summed E-state index contributed by atoms with van der Waals surface area (Å²) in [7, 11) is -8.14. The molecule has 1 aliphatic heterocycles. The molecule has 3 heterocycles. The third kappa shape index (κ3) is 6.87. The van der Waals surface area contributed by atoms with Crippen molar-refractivity contribution in [2.24, 2.45) is 0 Å². The van der Waals surface area contributed by atoms with Crippen LogP contribution in [0.25, 0.3) is 11.2 Å². The van der Waals surface area contributed by atoms with E-state index in [1.165, 1.54) is 10.9 Å². The third-order valence-electron chi connectivity index (χ3n) is 5.70. The molecular weight excluding hydrogens is 560 g/mol. The maximum atomic E-state index is 12.2. The van der Waals surface area contributed by atoms with Crippen LogP contribution < -0.4 is 5.56 Å². The second kappa shape index (κ2) is 11.1. The van der Waals surface area contributed by atoms with E-state index in [1.807, 2.05) is 0 Å². The lowest BCUT2D eigenvalue weighted by Gasteiger charge is -2.33. The minimum Gasteiger partial charge on any atom is -0.455 e. The Morgan fingerprint density at radius 1 is 1.08 bits per heavy atom. The first-order valence-electron chi connectivity index (χ1n) is 11.4. The second-order valence-electron chi connectivity index (χ2n) is 8.85.